The predicted molar refractivity (Wildman–Crippen MR) is 130 cm³/mol. The van der Waals surface area contributed by atoms with Crippen LogP contribution in [0.3, 0.4) is 0 Å². The zero-order valence-electron chi connectivity index (χ0n) is 18.5. The normalized spacial score (nSPS) is 14.8. The van der Waals surface area contributed by atoms with Crippen LogP contribution >= 0.6 is 11.6 Å². The van der Waals surface area contributed by atoms with Crippen LogP contribution in [0, 0.1) is 13.8 Å². The smallest absolute Gasteiger partial charge is 0.162 e. The van der Waals surface area contributed by atoms with Gasteiger partial charge in [0, 0.05) is 29.0 Å². The lowest BCUT2D eigenvalue weighted by molar-refractivity contribution is -0.118. The van der Waals surface area contributed by atoms with Crippen molar-refractivity contribution in [1.82, 2.24) is 14.8 Å². The van der Waals surface area contributed by atoms with E-state index < -0.39 is 6.04 Å². The van der Waals surface area contributed by atoms with Crippen LogP contribution < -0.4 is 0 Å². The van der Waals surface area contributed by atoms with Crippen LogP contribution in [-0.4, -0.2) is 26.3 Å². The first-order chi connectivity index (χ1) is 16.0. The van der Waals surface area contributed by atoms with Gasteiger partial charge in [-0.25, -0.2) is 0 Å². The van der Waals surface area contributed by atoms with Crippen molar-refractivity contribution in [3.63, 3.8) is 0 Å². The molecule has 2 heterocycles. The zero-order chi connectivity index (χ0) is 22.9. The summed E-state index contributed by atoms with van der Waals surface area (Å²) >= 11 is 6.14. The van der Waals surface area contributed by atoms with Gasteiger partial charge >= 0.3 is 0 Å². The zero-order valence-corrected chi connectivity index (χ0v) is 19.3. The quantitative estimate of drug-likeness (QED) is 0.392. The SMILES string of the molecule is Cc1ccc(CC(=O)C[C@@H]2N=C(c3ccc(Cl)cc3)c3ccccc3-n3c(C)nnc32)cc1. The Morgan fingerprint density at radius 2 is 1.67 bits per heavy atom. The van der Waals surface area contributed by atoms with E-state index in [4.69, 9.17) is 16.6 Å². The van der Waals surface area contributed by atoms with Crippen LogP contribution in [0.5, 0.6) is 0 Å². The number of Topliss-reactive ketones (excluding diaryl/α,β-unsaturated/α-hetero) is 1. The largest absolute Gasteiger partial charge is 0.299 e. The molecule has 1 atom stereocenters. The molecule has 0 saturated heterocycles. The minimum Gasteiger partial charge on any atom is -0.299 e. The lowest BCUT2D eigenvalue weighted by Gasteiger charge is -2.12. The summed E-state index contributed by atoms with van der Waals surface area (Å²) in [6, 6.07) is 23.3. The van der Waals surface area contributed by atoms with E-state index in [9.17, 15) is 4.79 Å². The van der Waals surface area contributed by atoms with Crippen molar-refractivity contribution < 1.29 is 4.79 Å². The Morgan fingerprint density at radius 3 is 2.42 bits per heavy atom. The molecule has 0 saturated carbocycles. The van der Waals surface area contributed by atoms with E-state index in [1.54, 1.807) is 0 Å². The number of rotatable bonds is 5. The predicted octanol–water partition coefficient (Wildman–Crippen LogP) is 5.63. The van der Waals surface area contributed by atoms with Crippen molar-refractivity contribution in [2.24, 2.45) is 4.99 Å². The molecule has 0 amide bonds. The number of nitrogens with zero attached hydrogens (tertiary/aromatic N) is 4. The van der Waals surface area contributed by atoms with Gasteiger partial charge in [-0.05, 0) is 37.6 Å². The third kappa shape index (κ3) is 4.24. The molecule has 4 aromatic rings. The van der Waals surface area contributed by atoms with Gasteiger partial charge in [-0.2, -0.15) is 0 Å². The molecule has 1 aromatic heterocycles. The van der Waals surface area contributed by atoms with Gasteiger partial charge in [-0.3, -0.25) is 14.4 Å². The molecule has 1 aliphatic rings. The summed E-state index contributed by atoms with van der Waals surface area (Å²) in [5.41, 5.74) is 5.87. The van der Waals surface area contributed by atoms with Crippen LogP contribution in [0.25, 0.3) is 5.69 Å². The Kier molecular flexibility index (Phi) is 5.65. The number of benzene rings is 3. The topological polar surface area (TPSA) is 60.1 Å². The molecule has 3 aromatic carbocycles. The fourth-order valence-corrected chi connectivity index (χ4v) is 4.37. The van der Waals surface area contributed by atoms with Crippen molar-refractivity contribution in [3.05, 3.63) is 112 Å². The van der Waals surface area contributed by atoms with Gasteiger partial charge in [0.15, 0.2) is 5.82 Å². The van der Waals surface area contributed by atoms with Crippen LogP contribution in [-0.2, 0) is 11.2 Å². The van der Waals surface area contributed by atoms with E-state index in [2.05, 4.69) is 10.2 Å². The number of aromatic nitrogens is 3. The highest BCUT2D eigenvalue weighted by molar-refractivity contribution is 6.30. The molecule has 6 heteroatoms. The second-order valence-electron chi connectivity index (χ2n) is 8.36. The summed E-state index contributed by atoms with van der Waals surface area (Å²) < 4.78 is 2.02. The number of aliphatic imine (C=N–C) groups is 1. The molecular formula is C27H23ClN4O. The van der Waals surface area contributed by atoms with Crippen LogP contribution in [0.2, 0.25) is 5.02 Å². The Hall–Kier alpha value is -3.57. The van der Waals surface area contributed by atoms with Crippen molar-refractivity contribution in [3.8, 4) is 5.69 Å². The molecule has 0 bridgehead atoms. The second kappa shape index (κ2) is 8.75. The fourth-order valence-electron chi connectivity index (χ4n) is 4.24. The Morgan fingerprint density at radius 1 is 0.939 bits per heavy atom. The van der Waals surface area contributed by atoms with Gasteiger partial charge in [-0.15, -0.1) is 10.2 Å². The van der Waals surface area contributed by atoms with Crippen molar-refractivity contribution >= 4 is 23.1 Å². The molecule has 33 heavy (non-hydrogen) atoms. The van der Waals surface area contributed by atoms with E-state index in [1.165, 1.54) is 5.56 Å². The van der Waals surface area contributed by atoms with E-state index in [0.717, 1.165) is 33.9 Å². The molecule has 164 valence electrons. The highest BCUT2D eigenvalue weighted by atomic mass is 35.5. The first-order valence-electron chi connectivity index (χ1n) is 10.9. The Labute approximate surface area is 197 Å². The highest BCUT2D eigenvalue weighted by Crippen LogP contribution is 2.33. The van der Waals surface area contributed by atoms with Gasteiger partial charge in [0.05, 0.1) is 11.4 Å². The monoisotopic (exact) mass is 454 g/mol. The lowest BCUT2D eigenvalue weighted by atomic mass is 10.00. The average molecular weight is 455 g/mol. The summed E-state index contributed by atoms with van der Waals surface area (Å²) in [6.07, 6.45) is 0.611. The maximum atomic E-state index is 13.1. The van der Waals surface area contributed by atoms with Crippen LogP contribution in [0.4, 0.5) is 0 Å². The Bertz CT molecular complexity index is 1350. The van der Waals surface area contributed by atoms with Gasteiger partial charge in [0.2, 0.25) is 0 Å². The highest BCUT2D eigenvalue weighted by Gasteiger charge is 2.29. The third-order valence-corrected chi connectivity index (χ3v) is 6.15. The molecule has 0 N–H and O–H groups in total. The van der Waals surface area contributed by atoms with Crippen LogP contribution in [0.15, 0.2) is 77.8 Å². The van der Waals surface area contributed by atoms with E-state index >= 15 is 0 Å². The fraction of sp³-hybridized carbons (Fsp3) is 0.185. The maximum Gasteiger partial charge on any atom is 0.162 e. The summed E-state index contributed by atoms with van der Waals surface area (Å²) in [7, 11) is 0. The summed E-state index contributed by atoms with van der Waals surface area (Å²) in [6.45, 7) is 3.96. The van der Waals surface area contributed by atoms with Gasteiger partial charge < -0.3 is 0 Å². The number of carbonyl (C=O) groups is 1. The molecule has 0 radical (unpaired) electrons. The summed E-state index contributed by atoms with van der Waals surface area (Å²) in [5, 5.41) is 9.42. The molecule has 0 unspecified atom stereocenters. The minimum atomic E-state index is -0.442. The number of carbonyl (C=O) groups excluding carboxylic acids is 1. The van der Waals surface area contributed by atoms with E-state index in [1.807, 2.05) is 91.2 Å². The minimum absolute atomic E-state index is 0.112. The number of para-hydroxylation sites is 1. The molecule has 0 fully saturated rings. The van der Waals surface area contributed by atoms with Gasteiger partial charge in [0.1, 0.15) is 17.6 Å². The van der Waals surface area contributed by atoms with Crippen LogP contribution in [0.1, 0.15) is 46.4 Å². The van der Waals surface area contributed by atoms with Crippen molar-refractivity contribution in [2.45, 2.75) is 32.7 Å². The molecule has 1 aliphatic heterocycles. The molecular weight excluding hydrogens is 432 g/mol. The molecule has 0 spiro atoms. The molecule has 0 aliphatic carbocycles. The summed E-state index contributed by atoms with van der Waals surface area (Å²) in [5.74, 6) is 1.56. The average Bonchev–Trinajstić information content (AvgIpc) is 3.13. The first kappa shape index (κ1) is 21.3. The second-order valence-corrected chi connectivity index (χ2v) is 8.80. The molecule has 5 rings (SSSR count). The van der Waals surface area contributed by atoms with Gasteiger partial charge in [-0.1, -0.05) is 71.8 Å². The summed E-state index contributed by atoms with van der Waals surface area (Å²) in [4.78, 5) is 18.2. The van der Waals surface area contributed by atoms with Crippen molar-refractivity contribution in [1.29, 1.82) is 0 Å². The van der Waals surface area contributed by atoms with Gasteiger partial charge in [0.25, 0.3) is 0 Å². The van der Waals surface area contributed by atoms with E-state index in [-0.39, 0.29) is 12.2 Å². The number of hydrogen-bond acceptors (Lipinski definition) is 4. The third-order valence-electron chi connectivity index (χ3n) is 5.89. The maximum absolute atomic E-state index is 13.1. The molecule has 5 nitrogen and oxygen atoms in total. The number of aryl methyl sites for hydroxylation is 2. The lowest BCUT2D eigenvalue weighted by Crippen LogP contribution is -2.12. The van der Waals surface area contributed by atoms with E-state index in [0.29, 0.717) is 17.3 Å². The number of hydrogen-bond donors (Lipinski definition) is 0. The first-order valence-corrected chi connectivity index (χ1v) is 11.3. The number of fused-ring (bicyclic) bond motifs is 3. The standard InChI is InChI=1S/C27H23ClN4O/c1-17-7-9-19(10-8-17)15-22(33)16-24-27-31-30-18(2)32(27)25-6-4-3-5-23(25)26(29-24)20-11-13-21(28)14-12-20/h3-14,24H,15-16H2,1-2H3/t24-/m0/s1. The number of ketones is 1. The number of halogens is 1. The Balaban J connectivity index is 1.58. The van der Waals surface area contributed by atoms with Crippen molar-refractivity contribution in [2.75, 3.05) is 0 Å².